The Kier molecular flexibility index (Phi) is 5.56. The van der Waals surface area contributed by atoms with E-state index in [0.29, 0.717) is 29.8 Å². The Labute approximate surface area is 170 Å². The molecule has 0 saturated carbocycles. The normalized spacial score (nSPS) is 10.8. The molecule has 11 heteroatoms. The maximum atomic E-state index is 5.86. The number of para-hydroxylation sites is 2. The highest BCUT2D eigenvalue weighted by Gasteiger charge is 2.11. The van der Waals surface area contributed by atoms with Crippen molar-refractivity contribution in [3.8, 4) is 5.75 Å². The molecule has 0 radical (unpaired) electrons. The molecule has 0 saturated heterocycles. The number of anilines is 3. The summed E-state index contributed by atoms with van der Waals surface area (Å²) in [5, 5.41) is 12.0. The first-order valence-corrected chi connectivity index (χ1v) is 9.63. The topological polar surface area (TPSA) is 130 Å². The minimum Gasteiger partial charge on any atom is -0.495 e. The molecule has 3 N–H and O–H groups in total. The van der Waals surface area contributed by atoms with E-state index in [9.17, 15) is 0 Å². The van der Waals surface area contributed by atoms with Crippen molar-refractivity contribution in [3.63, 3.8) is 0 Å². The number of furan rings is 1. The van der Waals surface area contributed by atoms with Gasteiger partial charge in [0.05, 0.1) is 31.4 Å². The van der Waals surface area contributed by atoms with Gasteiger partial charge in [0, 0.05) is 0 Å². The summed E-state index contributed by atoms with van der Waals surface area (Å²) in [6.07, 6.45) is 3.29. The zero-order valence-corrected chi connectivity index (χ0v) is 16.3. The zero-order chi connectivity index (χ0) is 20.1. The van der Waals surface area contributed by atoms with Crippen LogP contribution in [0.25, 0.3) is 0 Å². The lowest BCUT2D eigenvalue weighted by atomic mass is 10.3. The van der Waals surface area contributed by atoms with Crippen molar-refractivity contribution in [1.29, 1.82) is 0 Å². The molecule has 0 fully saturated rings. The molecule has 10 nitrogen and oxygen atoms in total. The van der Waals surface area contributed by atoms with Crippen molar-refractivity contribution in [1.82, 2.24) is 29.7 Å². The number of nitrogens with zero attached hydrogens (tertiary/aromatic N) is 6. The first kappa shape index (κ1) is 18.7. The summed E-state index contributed by atoms with van der Waals surface area (Å²) in [7, 11) is 1.60. The summed E-state index contributed by atoms with van der Waals surface area (Å²) in [5.41, 5.74) is 6.60. The highest BCUT2D eigenvalue weighted by atomic mass is 32.2. The van der Waals surface area contributed by atoms with Gasteiger partial charge in [0.2, 0.25) is 11.9 Å². The maximum absolute atomic E-state index is 5.86. The van der Waals surface area contributed by atoms with Crippen LogP contribution in [-0.4, -0.2) is 36.8 Å². The van der Waals surface area contributed by atoms with E-state index in [1.807, 2.05) is 41.0 Å². The van der Waals surface area contributed by atoms with Crippen molar-refractivity contribution in [3.05, 3.63) is 60.6 Å². The molecule has 0 aliphatic carbocycles. The van der Waals surface area contributed by atoms with E-state index in [1.165, 1.54) is 11.8 Å². The van der Waals surface area contributed by atoms with E-state index >= 15 is 0 Å². The molecule has 0 amide bonds. The second-order valence-electron chi connectivity index (χ2n) is 5.87. The number of aromatic nitrogens is 6. The molecule has 0 aliphatic heterocycles. The smallest absolute Gasteiger partial charge is 0.232 e. The van der Waals surface area contributed by atoms with Gasteiger partial charge < -0.3 is 24.8 Å². The lowest BCUT2D eigenvalue weighted by Crippen LogP contribution is -2.07. The second-order valence-corrected chi connectivity index (χ2v) is 6.81. The molecule has 4 aromatic rings. The van der Waals surface area contributed by atoms with E-state index in [0.717, 1.165) is 16.6 Å². The monoisotopic (exact) mass is 410 g/mol. The average molecular weight is 410 g/mol. The highest BCUT2D eigenvalue weighted by molar-refractivity contribution is 7.98. The fourth-order valence-electron chi connectivity index (χ4n) is 2.59. The molecule has 0 spiro atoms. The number of hydrogen-bond acceptors (Lipinski definition) is 10. The predicted octanol–water partition coefficient (Wildman–Crippen LogP) is 2.73. The molecular weight excluding hydrogens is 392 g/mol. The van der Waals surface area contributed by atoms with Crippen LogP contribution in [0.1, 0.15) is 11.6 Å². The van der Waals surface area contributed by atoms with Crippen LogP contribution < -0.4 is 15.8 Å². The van der Waals surface area contributed by atoms with Gasteiger partial charge in [-0.05, 0) is 24.3 Å². The van der Waals surface area contributed by atoms with Crippen LogP contribution in [0.15, 0.2) is 58.6 Å². The molecule has 0 atom stereocenters. The third kappa shape index (κ3) is 4.63. The third-order valence-corrected chi connectivity index (χ3v) is 4.85. The van der Waals surface area contributed by atoms with E-state index in [4.69, 9.17) is 14.9 Å². The highest BCUT2D eigenvalue weighted by Crippen LogP contribution is 2.26. The summed E-state index contributed by atoms with van der Waals surface area (Å²) in [6, 6.07) is 11.2. The quantitative estimate of drug-likeness (QED) is 0.418. The van der Waals surface area contributed by atoms with Gasteiger partial charge in [-0.25, -0.2) is 0 Å². The van der Waals surface area contributed by atoms with Crippen LogP contribution in [-0.2, 0) is 12.3 Å². The number of nitrogen functional groups attached to an aromatic ring is 1. The lowest BCUT2D eigenvalue weighted by Gasteiger charge is -2.10. The van der Waals surface area contributed by atoms with E-state index in [-0.39, 0.29) is 5.95 Å². The Morgan fingerprint density at radius 1 is 1.17 bits per heavy atom. The predicted molar refractivity (Wildman–Crippen MR) is 108 cm³/mol. The number of methoxy groups -OCH3 is 1. The number of nitrogens with two attached hydrogens (primary N) is 1. The van der Waals surface area contributed by atoms with Crippen molar-refractivity contribution >= 4 is 29.3 Å². The van der Waals surface area contributed by atoms with E-state index < -0.39 is 0 Å². The Hall–Kier alpha value is -3.60. The molecule has 0 bridgehead atoms. The molecule has 148 valence electrons. The van der Waals surface area contributed by atoms with Gasteiger partial charge in [0.25, 0.3) is 0 Å². The zero-order valence-electron chi connectivity index (χ0n) is 15.5. The van der Waals surface area contributed by atoms with Crippen molar-refractivity contribution in [2.75, 3.05) is 18.2 Å². The van der Waals surface area contributed by atoms with Gasteiger partial charge in [-0.1, -0.05) is 23.9 Å². The van der Waals surface area contributed by atoms with E-state index in [2.05, 4.69) is 30.5 Å². The van der Waals surface area contributed by atoms with Crippen LogP contribution >= 0.6 is 11.8 Å². The molecule has 3 aromatic heterocycles. The third-order valence-electron chi connectivity index (χ3n) is 3.87. The molecule has 0 aliphatic rings. The van der Waals surface area contributed by atoms with Gasteiger partial charge >= 0.3 is 0 Å². The van der Waals surface area contributed by atoms with Gasteiger partial charge in [-0.3, -0.25) is 0 Å². The van der Waals surface area contributed by atoms with Crippen LogP contribution in [0.5, 0.6) is 5.75 Å². The fraction of sp³-hybridized carbons (Fsp3) is 0.167. The molecule has 1 aromatic carbocycles. The number of hydrogen-bond donors (Lipinski definition) is 2. The first-order valence-electron chi connectivity index (χ1n) is 8.64. The van der Waals surface area contributed by atoms with E-state index in [1.54, 1.807) is 19.7 Å². The Morgan fingerprint density at radius 3 is 2.90 bits per heavy atom. The summed E-state index contributed by atoms with van der Waals surface area (Å²) < 4.78 is 12.6. The number of rotatable bonds is 8. The number of nitrogens with one attached hydrogen (secondary N) is 1. The number of thioether (sulfide) groups is 1. The summed E-state index contributed by atoms with van der Waals surface area (Å²) >= 11 is 1.45. The molecule has 4 rings (SSSR count). The van der Waals surface area contributed by atoms with Crippen LogP contribution in [0.2, 0.25) is 0 Å². The van der Waals surface area contributed by atoms with Gasteiger partial charge in [0.15, 0.2) is 5.16 Å². The van der Waals surface area contributed by atoms with Crippen molar-refractivity contribution in [2.45, 2.75) is 17.5 Å². The lowest BCUT2D eigenvalue weighted by molar-refractivity contribution is 0.417. The van der Waals surface area contributed by atoms with Gasteiger partial charge in [-0.15, -0.1) is 10.2 Å². The number of benzene rings is 1. The number of ether oxygens (including phenoxy) is 1. The van der Waals surface area contributed by atoms with Crippen LogP contribution in [0.3, 0.4) is 0 Å². The van der Waals surface area contributed by atoms with Crippen LogP contribution in [0.4, 0.5) is 17.6 Å². The summed E-state index contributed by atoms with van der Waals surface area (Å²) in [4.78, 5) is 12.8. The maximum Gasteiger partial charge on any atom is 0.232 e. The SMILES string of the molecule is COc1ccccc1Nc1nc(N)nc(CSc2nncn2Cc2ccco2)n1. The van der Waals surface area contributed by atoms with Gasteiger partial charge in [0.1, 0.15) is 23.7 Å². The Bertz CT molecular complexity index is 1080. The molecular formula is C18H18N8O2S. The average Bonchev–Trinajstić information content (AvgIpc) is 3.39. The second kappa shape index (κ2) is 8.61. The first-order chi connectivity index (χ1) is 14.2. The van der Waals surface area contributed by atoms with Gasteiger partial charge in [-0.2, -0.15) is 15.0 Å². The molecule has 29 heavy (non-hydrogen) atoms. The minimum atomic E-state index is 0.130. The van der Waals surface area contributed by atoms with Crippen molar-refractivity contribution < 1.29 is 9.15 Å². The largest absolute Gasteiger partial charge is 0.495 e. The van der Waals surface area contributed by atoms with Crippen LogP contribution in [0, 0.1) is 0 Å². The molecule has 0 unspecified atom stereocenters. The fourth-order valence-corrected chi connectivity index (χ4v) is 3.36. The minimum absolute atomic E-state index is 0.130. The Morgan fingerprint density at radius 2 is 2.07 bits per heavy atom. The summed E-state index contributed by atoms with van der Waals surface area (Å²) in [5.74, 6) is 2.93. The summed E-state index contributed by atoms with van der Waals surface area (Å²) in [6.45, 7) is 0.544. The Balaban J connectivity index is 1.47. The standard InChI is InChI=1S/C18H18N8O2S/c1-27-14-7-3-2-6-13(14)21-17-23-15(22-16(19)24-17)10-29-18-25-20-11-26(18)9-12-5-4-8-28-12/h2-8,11H,9-10H2,1H3,(H3,19,21,22,23,24). The molecule has 3 heterocycles. The van der Waals surface area contributed by atoms with Crippen molar-refractivity contribution in [2.24, 2.45) is 0 Å².